The maximum absolute atomic E-state index is 5.42. The topological polar surface area (TPSA) is 9.23 Å². The molecule has 0 amide bonds. The summed E-state index contributed by atoms with van der Waals surface area (Å²) in [7, 11) is 1.77. The molecule has 1 nitrogen and oxygen atoms in total. The molecule has 118 valence electrons. The number of aryl methyl sites for hydroxylation is 1. The lowest BCUT2D eigenvalue weighted by molar-refractivity contribution is 0.0735. The number of benzene rings is 1. The lowest BCUT2D eigenvalue weighted by Crippen LogP contribution is -2.41. The second-order valence-corrected chi connectivity index (χ2v) is 7.76. The third-order valence-corrected chi connectivity index (χ3v) is 7.06. The first kappa shape index (κ1) is 14.4. The molecule has 1 heteroatoms. The summed E-state index contributed by atoms with van der Waals surface area (Å²) in [5, 5.41) is 0. The number of allylic oxidation sites excluding steroid dienone is 2. The van der Waals surface area contributed by atoms with Crippen LogP contribution in [0.15, 0.2) is 29.8 Å². The van der Waals surface area contributed by atoms with Gasteiger partial charge in [0.1, 0.15) is 5.75 Å². The van der Waals surface area contributed by atoms with Crippen LogP contribution >= 0.6 is 0 Å². The lowest BCUT2D eigenvalue weighted by Gasteiger charge is -2.50. The van der Waals surface area contributed by atoms with Crippen molar-refractivity contribution in [2.45, 2.75) is 58.3 Å². The molecule has 0 saturated heterocycles. The van der Waals surface area contributed by atoms with E-state index in [0.717, 1.165) is 23.5 Å². The molecule has 0 bridgehead atoms. The van der Waals surface area contributed by atoms with E-state index in [9.17, 15) is 0 Å². The SMILES string of the molecule is CCC1=CCC2C3CCc4cc(OC)ccc4C3CCC12C. The Labute approximate surface area is 134 Å². The summed E-state index contributed by atoms with van der Waals surface area (Å²) in [4.78, 5) is 0. The zero-order valence-electron chi connectivity index (χ0n) is 14.2. The van der Waals surface area contributed by atoms with Crippen LogP contribution in [-0.4, -0.2) is 7.11 Å². The number of rotatable bonds is 2. The molecule has 22 heavy (non-hydrogen) atoms. The van der Waals surface area contributed by atoms with E-state index in [1.165, 1.54) is 38.5 Å². The van der Waals surface area contributed by atoms with Crippen LogP contribution in [0.25, 0.3) is 0 Å². The van der Waals surface area contributed by atoms with E-state index in [1.54, 1.807) is 23.8 Å². The van der Waals surface area contributed by atoms with E-state index in [2.05, 4.69) is 38.1 Å². The van der Waals surface area contributed by atoms with Crippen LogP contribution in [0.5, 0.6) is 5.75 Å². The molecule has 4 unspecified atom stereocenters. The van der Waals surface area contributed by atoms with Crippen LogP contribution in [-0.2, 0) is 6.42 Å². The average Bonchev–Trinajstić information content (AvgIpc) is 2.90. The van der Waals surface area contributed by atoms with E-state index in [4.69, 9.17) is 4.74 Å². The molecule has 0 aromatic heterocycles. The first-order valence-electron chi connectivity index (χ1n) is 9.03. The minimum absolute atomic E-state index is 0.500. The third-order valence-electron chi connectivity index (χ3n) is 7.06. The van der Waals surface area contributed by atoms with Gasteiger partial charge in [-0.3, -0.25) is 0 Å². The van der Waals surface area contributed by atoms with Gasteiger partial charge in [-0.1, -0.05) is 31.6 Å². The minimum atomic E-state index is 0.500. The summed E-state index contributed by atoms with van der Waals surface area (Å²) in [6.45, 7) is 4.90. The fourth-order valence-corrected chi connectivity index (χ4v) is 5.89. The van der Waals surface area contributed by atoms with Crippen molar-refractivity contribution in [2.24, 2.45) is 17.3 Å². The average molecular weight is 296 g/mol. The molecule has 4 rings (SSSR count). The summed E-state index contributed by atoms with van der Waals surface area (Å²) in [5.74, 6) is 3.59. The minimum Gasteiger partial charge on any atom is -0.497 e. The van der Waals surface area contributed by atoms with Crippen LogP contribution in [0.2, 0.25) is 0 Å². The van der Waals surface area contributed by atoms with Gasteiger partial charge >= 0.3 is 0 Å². The van der Waals surface area contributed by atoms with Crippen LogP contribution in [0, 0.1) is 17.3 Å². The molecule has 1 aromatic carbocycles. The van der Waals surface area contributed by atoms with Gasteiger partial charge in [-0.25, -0.2) is 0 Å². The molecule has 0 heterocycles. The molecule has 1 saturated carbocycles. The number of methoxy groups -OCH3 is 1. The third kappa shape index (κ3) is 1.90. The quantitative estimate of drug-likeness (QED) is 0.655. The summed E-state index contributed by atoms with van der Waals surface area (Å²) in [6.07, 6.45) is 10.5. The first-order valence-corrected chi connectivity index (χ1v) is 9.03. The first-order chi connectivity index (χ1) is 10.7. The summed E-state index contributed by atoms with van der Waals surface area (Å²) in [6, 6.07) is 6.81. The van der Waals surface area contributed by atoms with Crippen LogP contribution in [0.4, 0.5) is 0 Å². The Morgan fingerprint density at radius 3 is 2.91 bits per heavy atom. The van der Waals surface area contributed by atoms with Crippen molar-refractivity contribution in [3.63, 3.8) is 0 Å². The molecule has 1 fully saturated rings. The van der Waals surface area contributed by atoms with Gasteiger partial charge in [0.15, 0.2) is 0 Å². The molecular formula is C21H28O. The van der Waals surface area contributed by atoms with E-state index in [-0.39, 0.29) is 0 Å². The van der Waals surface area contributed by atoms with Gasteiger partial charge in [0, 0.05) is 0 Å². The van der Waals surface area contributed by atoms with Crippen LogP contribution in [0.3, 0.4) is 0 Å². The van der Waals surface area contributed by atoms with Gasteiger partial charge in [0.05, 0.1) is 7.11 Å². The Morgan fingerprint density at radius 2 is 2.14 bits per heavy atom. The van der Waals surface area contributed by atoms with Crippen molar-refractivity contribution in [3.05, 3.63) is 41.0 Å². The summed E-state index contributed by atoms with van der Waals surface area (Å²) in [5.41, 5.74) is 5.42. The van der Waals surface area contributed by atoms with Crippen molar-refractivity contribution >= 4 is 0 Å². The molecule has 0 aliphatic heterocycles. The molecule has 0 radical (unpaired) electrons. The van der Waals surface area contributed by atoms with Gasteiger partial charge in [-0.05, 0) is 85.0 Å². The Hall–Kier alpha value is -1.24. The predicted octanol–water partition coefficient (Wildman–Crippen LogP) is 5.50. The molecule has 0 spiro atoms. The number of hydrogen-bond acceptors (Lipinski definition) is 1. The number of ether oxygens (including phenoxy) is 1. The summed E-state index contributed by atoms with van der Waals surface area (Å²) < 4.78 is 5.42. The highest BCUT2D eigenvalue weighted by Crippen LogP contribution is 2.61. The molecule has 3 aliphatic rings. The molecule has 0 N–H and O–H groups in total. The Balaban J connectivity index is 1.67. The van der Waals surface area contributed by atoms with E-state index < -0.39 is 0 Å². The predicted molar refractivity (Wildman–Crippen MR) is 91.4 cm³/mol. The maximum Gasteiger partial charge on any atom is 0.119 e. The van der Waals surface area contributed by atoms with E-state index in [0.29, 0.717) is 5.41 Å². The van der Waals surface area contributed by atoms with Crippen molar-refractivity contribution in [1.29, 1.82) is 0 Å². The zero-order valence-corrected chi connectivity index (χ0v) is 14.2. The van der Waals surface area contributed by atoms with Gasteiger partial charge in [-0.15, -0.1) is 0 Å². The van der Waals surface area contributed by atoms with E-state index >= 15 is 0 Å². The monoisotopic (exact) mass is 296 g/mol. The van der Waals surface area contributed by atoms with Crippen molar-refractivity contribution in [3.8, 4) is 5.75 Å². The van der Waals surface area contributed by atoms with Gasteiger partial charge in [0.2, 0.25) is 0 Å². The second-order valence-electron chi connectivity index (χ2n) is 7.76. The van der Waals surface area contributed by atoms with Crippen molar-refractivity contribution in [1.82, 2.24) is 0 Å². The van der Waals surface area contributed by atoms with Crippen LogP contribution < -0.4 is 4.74 Å². The largest absolute Gasteiger partial charge is 0.497 e. The van der Waals surface area contributed by atoms with Crippen LogP contribution in [0.1, 0.15) is 63.0 Å². The Morgan fingerprint density at radius 1 is 1.27 bits per heavy atom. The smallest absolute Gasteiger partial charge is 0.119 e. The normalized spacial score (nSPS) is 36.1. The van der Waals surface area contributed by atoms with Gasteiger partial charge in [-0.2, -0.15) is 0 Å². The van der Waals surface area contributed by atoms with Crippen molar-refractivity contribution in [2.75, 3.05) is 7.11 Å². The van der Waals surface area contributed by atoms with Gasteiger partial charge < -0.3 is 4.74 Å². The lowest BCUT2D eigenvalue weighted by atomic mass is 9.54. The van der Waals surface area contributed by atoms with Gasteiger partial charge in [0.25, 0.3) is 0 Å². The van der Waals surface area contributed by atoms with E-state index in [1.807, 2.05) is 0 Å². The summed E-state index contributed by atoms with van der Waals surface area (Å²) >= 11 is 0. The fraction of sp³-hybridized carbons (Fsp3) is 0.619. The molecule has 1 aromatic rings. The number of fused-ring (bicyclic) bond motifs is 5. The highest BCUT2D eigenvalue weighted by atomic mass is 16.5. The highest BCUT2D eigenvalue weighted by molar-refractivity contribution is 5.41. The Kier molecular flexibility index (Phi) is 3.36. The second kappa shape index (κ2) is 5.15. The van der Waals surface area contributed by atoms with Crippen molar-refractivity contribution < 1.29 is 4.74 Å². The molecular weight excluding hydrogens is 268 g/mol. The Bertz CT molecular complexity index is 614. The number of hydrogen-bond donors (Lipinski definition) is 0. The molecule has 4 atom stereocenters. The molecule has 3 aliphatic carbocycles. The maximum atomic E-state index is 5.42. The highest BCUT2D eigenvalue weighted by Gasteiger charge is 2.50. The fourth-order valence-electron chi connectivity index (χ4n) is 5.89. The standard InChI is InChI=1S/C21H28O/c1-4-15-6-10-20-19-8-5-14-13-16(22-3)7-9-17(14)18(19)11-12-21(15,20)2/h6-7,9,13,18-20H,4-5,8,10-12H2,1-3H3. The zero-order chi connectivity index (χ0) is 15.3.